The molecule has 2 atom stereocenters. The molecule has 1 aliphatic rings. The Kier molecular flexibility index (Phi) is 7.39. The van der Waals surface area contributed by atoms with E-state index in [4.69, 9.17) is 4.74 Å². The number of nitrogens with zero attached hydrogens (tertiary/aromatic N) is 3. The molecule has 8 heteroatoms. The van der Waals surface area contributed by atoms with Crippen LogP contribution in [0.1, 0.15) is 38.2 Å². The summed E-state index contributed by atoms with van der Waals surface area (Å²) in [5.41, 5.74) is 1.04. The molecule has 2 amide bonds. The van der Waals surface area contributed by atoms with Gasteiger partial charge in [-0.25, -0.2) is 0 Å². The summed E-state index contributed by atoms with van der Waals surface area (Å²) in [5.74, 6) is 3.58. The number of esters is 1. The van der Waals surface area contributed by atoms with Gasteiger partial charge in [-0.2, -0.15) is 5.10 Å². The minimum Gasteiger partial charge on any atom is -0.469 e. The van der Waals surface area contributed by atoms with E-state index < -0.39 is 17.4 Å². The first-order valence-electron chi connectivity index (χ1n) is 12.0. The van der Waals surface area contributed by atoms with E-state index in [-0.39, 0.29) is 18.3 Å². The van der Waals surface area contributed by atoms with Crippen LogP contribution in [0.2, 0.25) is 0 Å². The van der Waals surface area contributed by atoms with Gasteiger partial charge in [-0.05, 0) is 62.3 Å². The van der Waals surface area contributed by atoms with Gasteiger partial charge in [0.1, 0.15) is 5.54 Å². The summed E-state index contributed by atoms with van der Waals surface area (Å²) in [5, 5.41) is 8.15. The summed E-state index contributed by atoms with van der Waals surface area (Å²) in [6.07, 6.45) is 3.42. The molecule has 1 saturated carbocycles. The summed E-state index contributed by atoms with van der Waals surface area (Å²) >= 11 is 0. The number of rotatable bonds is 6. The number of hydrogen-bond donors (Lipinski definition) is 1. The van der Waals surface area contributed by atoms with Crippen molar-refractivity contribution in [3.8, 4) is 11.8 Å². The van der Waals surface area contributed by atoms with Crippen LogP contribution in [0.25, 0.3) is 10.9 Å². The van der Waals surface area contributed by atoms with Crippen molar-refractivity contribution in [2.75, 3.05) is 12.0 Å². The fourth-order valence-electron chi connectivity index (χ4n) is 5.09. The number of benzene rings is 2. The third-order valence-corrected chi connectivity index (χ3v) is 6.83. The number of methoxy groups -OCH3 is 1. The highest BCUT2D eigenvalue weighted by Crippen LogP contribution is 2.41. The molecule has 1 aliphatic carbocycles. The predicted octanol–water partition coefficient (Wildman–Crippen LogP) is 3.35. The lowest BCUT2D eigenvalue weighted by Crippen LogP contribution is -2.63. The van der Waals surface area contributed by atoms with Crippen molar-refractivity contribution in [1.82, 2.24) is 15.1 Å². The van der Waals surface area contributed by atoms with Crippen LogP contribution >= 0.6 is 0 Å². The van der Waals surface area contributed by atoms with Crippen molar-refractivity contribution in [1.29, 1.82) is 0 Å². The summed E-state index contributed by atoms with van der Waals surface area (Å²) in [4.78, 5) is 41.6. The second kappa shape index (κ2) is 10.6. The van der Waals surface area contributed by atoms with Gasteiger partial charge in [0.25, 0.3) is 0 Å². The van der Waals surface area contributed by atoms with Crippen LogP contribution in [0.3, 0.4) is 0 Å². The quantitative estimate of drug-likeness (QED) is 0.426. The lowest BCUT2D eigenvalue weighted by molar-refractivity contribution is -0.148. The third-order valence-electron chi connectivity index (χ3n) is 6.83. The molecule has 0 bridgehead atoms. The summed E-state index contributed by atoms with van der Waals surface area (Å²) in [6.45, 7) is 1.88. The van der Waals surface area contributed by atoms with E-state index in [1.807, 2.05) is 49.5 Å². The summed E-state index contributed by atoms with van der Waals surface area (Å²) < 4.78 is 6.78. The Balaban J connectivity index is 1.81. The molecule has 2 unspecified atom stereocenters. The summed E-state index contributed by atoms with van der Waals surface area (Å²) in [6, 6.07) is 15.1. The number of ether oxygens (including phenoxy) is 1. The highest BCUT2D eigenvalue weighted by atomic mass is 16.5. The molecule has 186 valence electrons. The first kappa shape index (κ1) is 25.0. The molecule has 3 aromatic rings. The maximum Gasteiger partial charge on any atom is 0.308 e. The minimum absolute atomic E-state index is 0.141. The average Bonchev–Trinajstić information content (AvgIpc) is 3.27. The van der Waals surface area contributed by atoms with Crippen LogP contribution in [0.15, 0.2) is 54.7 Å². The van der Waals surface area contributed by atoms with E-state index in [9.17, 15) is 14.4 Å². The zero-order chi connectivity index (χ0) is 25.7. The molecule has 1 N–H and O–H groups in total. The van der Waals surface area contributed by atoms with Crippen LogP contribution in [0, 0.1) is 17.8 Å². The van der Waals surface area contributed by atoms with Crippen LogP contribution in [-0.2, 0) is 32.7 Å². The molecule has 36 heavy (non-hydrogen) atoms. The molecule has 1 aromatic heterocycles. The lowest BCUT2D eigenvalue weighted by atomic mass is 9.73. The molecule has 1 fully saturated rings. The van der Waals surface area contributed by atoms with Crippen molar-refractivity contribution in [3.05, 3.63) is 60.3 Å². The molecule has 1 heterocycles. The number of carbonyl (C=O) groups excluding carboxylic acids is 3. The van der Waals surface area contributed by atoms with Gasteiger partial charge in [-0.15, -0.1) is 0 Å². The van der Waals surface area contributed by atoms with Crippen LogP contribution in [0.5, 0.6) is 0 Å². The number of anilines is 1. The fraction of sp³-hybridized carbons (Fsp3) is 0.357. The Bertz CT molecular complexity index is 1340. The fourth-order valence-corrected chi connectivity index (χ4v) is 5.09. The van der Waals surface area contributed by atoms with Crippen molar-refractivity contribution in [3.63, 3.8) is 0 Å². The van der Waals surface area contributed by atoms with Crippen LogP contribution in [0.4, 0.5) is 5.69 Å². The maximum absolute atomic E-state index is 14.0. The number of aromatic nitrogens is 2. The zero-order valence-electron chi connectivity index (χ0n) is 20.8. The van der Waals surface area contributed by atoms with Gasteiger partial charge in [-0.1, -0.05) is 36.3 Å². The Hall–Kier alpha value is -4.12. The summed E-state index contributed by atoms with van der Waals surface area (Å²) in [7, 11) is 3.18. The molecule has 8 nitrogen and oxygen atoms in total. The van der Waals surface area contributed by atoms with Gasteiger partial charge in [-0.3, -0.25) is 24.0 Å². The average molecular weight is 487 g/mol. The van der Waals surface area contributed by atoms with Gasteiger partial charge < -0.3 is 10.1 Å². The van der Waals surface area contributed by atoms with E-state index in [0.717, 1.165) is 16.5 Å². The minimum atomic E-state index is -1.32. The van der Waals surface area contributed by atoms with E-state index >= 15 is 0 Å². The number of aryl methyl sites for hydroxylation is 1. The number of nitrogens with one attached hydrogen (secondary N) is 1. The van der Waals surface area contributed by atoms with Crippen molar-refractivity contribution in [2.24, 2.45) is 13.0 Å². The smallest absolute Gasteiger partial charge is 0.308 e. The van der Waals surface area contributed by atoms with Gasteiger partial charge in [0.15, 0.2) is 0 Å². The molecule has 0 aliphatic heterocycles. The Labute approximate surface area is 210 Å². The normalized spacial score (nSPS) is 19.1. The first-order chi connectivity index (χ1) is 17.4. The Morgan fingerprint density at radius 3 is 2.72 bits per heavy atom. The largest absolute Gasteiger partial charge is 0.469 e. The standard InChI is InChI=1S/C28H30N4O4/c1-4-9-25(33)32(23-13-14-24-22(16-23)19-30-31(24)2)28(15-8-12-21(17-28)26(34)36-3)27(35)29-18-20-10-6-5-7-11-20/h5-7,10-11,13-14,16,19,21H,8,12,15,17-18H2,1-3H3,(H,29,35). The molecular weight excluding hydrogens is 456 g/mol. The Morgan fingerprint density at radius 2 is 2.00 bits per heavy atom. The number of hydrogen-bond acceptors (Lipinski definition) is 5. The Morgan fingerprint density at radius 1 is 1.22 bits per heavy atom. The van der Waals surface area contributed by atoms with Crippen LogP contribution in [-0.4, -0.2) is 40.2 Å². The van der Waals surface area contributed by atoms with E-state index in [1.165, 1.54) is 12.0 Å². The van der Waals surface area contributed by atoms with Gasteiger partial charge in [0, 0.05) is 24.7 Å². The topological polar surface area (TPSA) is 93.5 Å². The zero-order valence-corrected chi connectivity index (χ0v) is 20.8. The second-order valence-electron chi connectivity index (χ2n) is 9.04. The second-order valence-corrected chi connectivity index (χ2v) is 9.04. The van der Waals surface area contributed by atoms with Crippen molar-refractivity contribution < 1.29 is 19.1 Å². The van der Waals surface area contributed by atoms with E-state index in [1.54, 1.807) is 23.9 Å². The van der Waals surface area contributed by atoms with Crippen molar-refractivity contribution in [2.45, 2.75) is 44.7 Å². The van der Waals surface area contributed by atoms with Crippen LogP contribution < -0.4 is 10.2 Å². The van der Waals surface area contributed by atoms with E-state index in [0.29, 0.717) is 31.5 Å². The molecule has 4 rings (SSSR count). The monoisotopic (exact) mass is 486 g/mol. The third kappa shape index (κ3) is 4.82. The van der Waals surface area contributed by atoms with E-state index in [2.05, 4.69) is 22.3 Å². The maximum atomic E-state index is 14.0. The number of amides is 2. The first-order valence-corrected chi connectivity index (χ1v) is 12.0. The number of fused-ring (bicyclic) bond motifs is 1. The molecular formula is C28H30N4O4. The highest BCUT2D eigenvalue weighted by Gasteiger charge is 2.51. The predicted molar refractivity (Wildman–Crippen MR) is 137 cm³/mol. The highest BCUT2D eigenvalue weighted by molar-refractivity contribution is 6.12. The molecule has 0 spiro atoms. The van der Waals surface area contributed by atoms with Crippen molar-refractivity contribution >= 4 is 34.4 Å². The molecule has 0 radical (unpaired) electrons. The van der Waals surface area contributed by atoms with Gasteiger partial charge in [0.05, 0.1) is 24.7 Å². The number of carbonyl (C=O) groups is 3. The van der Waals surface area contributed by atoms with Gasteiger partial charge in [0.2, 0.25) is 5.91 Å². The molecule has 2 aromatic carbocycles. The van der Waals surface area contributed by atoms with Gasteiger partial charge >= 0.3 is 11.9 Å². The SMILES string of the molecule is CC#CC(=O)N(c1ccc2c(cnn2C)c1)C1(C(=O)NCc2ccccc2)CCCC(C(=O)OC)C1. The lowest BCUT2D eigenvalue weighted by Gasteiger charge is -2.46. The molecule has 0 saturated heterocycles.